The summed E-state index contributed by atoms with van der Waals surface area (Å²) in [6.45, 7) is 4.19. The molecule has 1 unspecified atom stereocenters. The number of alkyl halides is 2. The molecule has 1 aromatic carbocycles. The van der Waals surface area contributed by atoms with Gasteiger partial charge in [0.05, 0.1) is 0 Å². The van der Waals surface area contributed by atoms with Crippen LogP contribution in [0.3, 0.4) is 0 Å². The Hall–Kier alpha value is -1.50. The number of hydrogen-bond acceptors (Lipinski definition) is 3. The maximum absolute atomic E-state index is 12.2. The minimum absolute atomic E-state index is 0.463. The number of nitrogens with zero attached hydrogens (tertiary/aromatic N) is 2. The molecule has 0 amide bonds. The van der Waals surface area contributed by atoms with Crippen molar-refractivity contribution in [1.29, 1.82) is 0 Å². The average Bonchev–Trinajstić information content (AvgIpc) is 2.61. The van der Waals surface area contributed by atoms with Gasteiger partial charge in [-0.3, -0.25) is 4.99 Å². The van der Waals surface area contributed by atoms with Gasteiger partial charge in [-0.2, -0.15) is 11.8 Å². The van der Waals surface area contributed by atoms with Crippen molar-refractivity contribution in [2.45, 2.75) is 31.6 Å². The number of nitrogens with one attached hydrogen (secondary N) is 1. The maximum atomic E-state index is 12.2. The fourth-order valence-corrected chi connectivity index (χ4v) is 3.76. The van der Waals surface area contributed by atoms with Gasteiger partial charge in [0.15, 0.2) is 5.96 Å². The Bertz CT molecular complexity index is 542. The smallest absolute Gasteiger partial charge is 0.272 e. The van der Waals surface area contributed by atoms with Gasteiger partial charge >= 0.3 is 0 Å². The van der Waals surface area contributed by atoms with Crippen LogP contribution >= 0.6 is 11.8 Å². The van der Waals surface area contributed by atoms with Crippen LogP contribution in [0.4, 0.5) is 8.78 Å². The Morgan fingerprint density at radius 2 is 2.33 bits per heavy atom. The first-order chi connectivity index (χ1) is 11.6. The monoisotopic (exact) mass is 357 g/mol. The summed E-state index contributed by atoms with van der Waals surface area (Å²) in [5, 5.41) is 4.00. The Morgan fingerprint density at radius 3 is 3.04 bits per heavy atom. The summed E-state index contributed by atoms with van der Waals surface area (Å²) >= 11 is 2.02. The third kappa shape index (κ3) is 5.85. The highest BCUT2D eigenvalue weighted by molar-refractivity contribution is 8.00. The molecular weight excluding hydrogens is 332 g/mol. The van der Waals surface area contributed by atoms with Crippen LogP contribution in [0.25, 0.3) is 0 Å². The van der Waals surface area contributed by atoms with Crippen molar-refractivity contribution in [2.24, 2.45) is 4.99 Å². The van der Waals surface area contributed by atoms with Crippen molar-refractivity contribution in [1.82, 2.24) is 10.2 Å². The van der Waals surface area contributed by atoms with E-state index in [1.807, 2.05) is 23.9 Å². The van der Waals surface area contributed by atoms with Crippen LogP contribution in [0, 0.1) is 0 Å². The fourth-order valence-electron chi connectivity index (χ4n) is 2.58. The Labute approximate surface area is 146 Å². The van der Waals surface area contributed by atoms with E-state index < -0.39 is 13.0 Å². The predicted octanol–water partition coefficient (Wildman–Crippen LogP) is 3.23. The summed E-state index contributed by atoms with van der Waals surface area (Å²) in [5.74, 6) is 2.45. The largest absolute Gasteiger partial charge is 0.488 e. The van der Waals surface area contributed by atoms with E-state index >= 15 is 0 Å². The van der Waals surface area contributed by atoms with Crippen LogP contribution in [0.2, 0.25) is 0 Å². The minimum Gasteiger partial charge on any atom is -0.488 e. The molecule has 134 valence electrons. The lowest BCUT2D eigenvalue weighted by Crippen LogP contribution is -2.47. The third-order valence-corrected chi connectivity index (χ3v) is 5.20. The van der Waals surface area contributed by atoms with Gasteiger partial charge in [-0.15, -0.1) is 0 Å². The number of benzene rings is 1. The number of halogens is 2. The molecule has 1 fully saturated rings. The van der Waals surface area contributed by atoms with E-state index in [1.54, 1.807) is 19.2 Å². The highest BCUT2D eigenvalue weighted by atomic mass is 32.2. The van der Waals surface area contributed by atoms with Crippen LogP contribution in [0.1, 0.15) is 18.9 Å². The standard InChI is InChI=1S/C17H25F2N3OS/c1-3-15-11-22(7-8-24-15)17(20-2)21-10-13-5-4-6-14(9-13)23-12-16(18)19/h4-6,9,15-16H,3,7-8,10-12H2,1-2H3,(H,20,21). The molecule has 4 nitrogen and oxygen atoms in total. The SMILES string of the molecule is CCC1CN(C(=NC)NCc2cccc(OCC(F)F)c2)CCS1. The lowest BCUT2D eigenvalue weighted by Gasteiger charge is -2.34. The molecule has 1 atom stereocenters. The molecular formula is C17H25F2N3OS. The number of aliphatic imine (C=N–C) groups is 1. The van der Waals surface area contributed by atoms with E-state index in [0.29, 0.717) is 17.5 Å². The van der Waals surface area contributed by atoms with Gasteiger partial charge in [-0.05, 0) is 24.1 Å². The van der Waals surface area contributed by atoms with E-state index in [-0.39, 0.29) is 0 Å². The molecule has 0 radical (unpaired) electrons. The number of rotatable bonds is 6. The first-order valence-corrected chi connectivity index (χ1v) is 9.24. The average molecular weight is 357 g/mol. The van der Waals surface area contributed by atoms with Gasteiger partial charge < -0.3 is 15.0 Å². The second-order valence-corrected chi connectivity index (χ2v) is 7.01. The van der Waals surface area contributed by atoms with Crippen LogP contribution < -0.4 is 10.1 Å². The zero-order valence-corrected chi connectivity index (χ0v) is 15.0. The van der Waals surface area contributed by atoms with Crippen LogP contribution in [-0.2, 0) is 6.54 Å². The first kappa shape index (κ1) is 18.8. The van der Waals surface area contributed by atoms with Gasteiger partial charge in [0.1, 0.15) is 12.4 Å². The third-order valence-electron chi connectivity index (χ3n) is 3.83. The van der Waals surface area contributed by atoms with E-state index in [1.165, 1.54) is 0 Å². The topological polar surface area (TPSA) is 36.9 Å². The van der Waals surface area contributed by atoms with E-state index in [9.17, 15) is 8.78 Å². The molecule has 0 spiro atoms. The van der Waals surface area contributed by atoms with Crippen LogP contribution in [0.15, 0.2) is 29.3 Å². The normalized spacial score (nSPS) is 18.8. The molecule has 0 bridgehead atoms. The van der Waals surface area contributed by atoms with Gasteiger partial charge in [0.25, 0.3) is 6.43 Å². The summed E-state index contributed by atoms with van der Waals surface area (Å²) in [6, 6.07) is 7.22. The van der Waals surface area contributed by atoms with Crippen LogP contribution in [0.5, 0.6) is 5.75 Å². The summed E-state index contributed by atoms with van der Waals surface area (Å²) in [7, 11) is 1.78. The zero-order valence-electron chi connectivity index (χ0n) is 14.2. The van der Waals surface area contributed by atoms with Crippen molar-refractivity contribution in [3.63, 3.8) is 0 Å². The molecule has 7 heteroatoms. The Morgan fingerprint density at radius 1 is 1.50 bits per heavy atom. The van der Waals surface area contributed by atoms with Crippen molar-refractivity contribution in [3.8, 4) is 5.75 Å². The number of hydrogen-bond donors (Lipinski definition) is 1. The van der Waals surface area contributed by atoms with E-state index in [2.05, 4.69) is 22.1 Å². The lowest BCUT2D eigenvalue weighted by atomic mass is 10.2. The van der Waals surface area contributed by atoms with Crippen molar-refractivity contribution >= 4 is 17.7 Å². The second-order valence-electron chi connectivity index (χ2n) is 5.60. The molecule has 1 saturated heterocycles. The molecule has 0 aromatic heterocycles. The fraction of sp³-hybridized carbons (Fsp3) is 0.588. The molecule has 1 aliphatic heterocycles. The number of guanidine groups is 1. The van der Waals surface area contributed by atoms with Crippen LogP contribution in [-0.4, -0.2) is 55.0 Å². The van der Waals surface area contributed by atoms with Crippen molar-refractivity contribution < 1.29 is 13.5 Å². The molecule has 2 rings (SSSR count). The molecule has 24 heavy (non-hydrogen) atoms. The summed E-state index contributed by atoms with van der Waals surface area (Å²) in [6.07, 6.45) is -1.31. The van der Waals surface area contributed by atoms with Crippen molar-refractivity contribution in [3.05, 3.63) is 29.8 Å². The van der Waals surface area contributed by atoms with Gasteiger partial charge in [0, 0.05) is 37.7 Å². The zero-order chi connectivity index (χ0) is 17.4. The predicted molar refractivity (Wildman–Crippen MR) is 96.2 cm³/mol. The van der Waals surface area contributed by atoms with Gasteiger partial charge in [0.2, 0.25) is 0 Å². The number of thioether (sulfide) groups is 1. The number of ether oxygens (including phenoxy) is 1. The molecule has 1 aromatic rings. The second kappa shape index (κ2) is 9.71. The van der Waals surface area contributed by atoms with E-state index in [4.69, 9.17) is 4.74 Å². The molecule has 1 heterocycles. The highest BCUT2D eigenvalue weighted by Gasteiger charge is 2.21. The molecule has 0 saturated carbocycles. The van der Waals surface area contributed by atoms with Crippen molar-refractivity contribution in [2.75, 3.05) is 32.5 Å². The minimum atomic E-state index is -2.46. The lowest BCUT2D eigenvalue weighted by molar-refractivity contribution is 0.0818. The maximum Gasteiger partial charge on any atom is 0.272 e. The van der Waals surface area contributed by atoms with E-state index in [0.717, 1.165) is 36.8 Å². The Kier molecular flexibility index (Phi) is 7.62. The summed E-state index contributed by atoms with van der Waals surface area (Å²) < 4.78 is 29.5. The summed E-state index contributed by atoms with van der Waals surface area (Å²) in [4.78, 5) is 6.65. The first-order valence-electron chi connectivity index (χ1n) is 8.19. The molecule has 1 aliphatic rings. The van der Waals surface area contributed by atoms with Gasteiger partial charge in [-0.1, -0.05) is 19.1 Å². The highest BCUT2D eigenvalue weighted by Crippen LogP contribution is 2.21. The molecule has 0 aliphatic carbocycles. The Balaban J connectivity index is 1.90. The molecule has 1 N–H and O–H groups in total. The summed E-state index contributed by atoms with van der Waals surface area (Å²) in [5.41, 5.74) is 0.973. The van der Waals surface area contributed by atoms with Gasteiger partial charge in [-0.25, -0.2) is 8.78 Å². The quantitative estimate of drug-likeness (QED) is 0.626.